The number of nitrogens with one attached hydrogen (secondary N) is 1. The molecule has 0 bridgehead atoms. The summed E-state index contributed by atoms with van der Waals surface area (Å²) in [5.41, 5.74) is 0. The van der Waals surface area contributed by atoms with Crippen molar-refractivity contribution in [3.63, 3.8) is 0 Å². The van der Waals surface area contributed by atoms with Crippen LogP contribution in [0.2, 0.25) is 0 Å². The molecule has 2 N–H and O–H groups in total. The van der Waals surface area contributed by atoms with Gasteiger partial charge in [0, 0.05) is 6.54 Å². The van der Waals surface area contributed by atoms with Crippen molar-refractivity contribution in [2.75, 3.05) is 18.8 Å². The highest BCUT2D eigenvalue weighted by atomic mass is 32.2. The first kappa shape index (κ1) is 17.4. The molecular formula is C14H27NO4S. The number of hydrogen-bond donors (Lipinski definition) is 2. The minimum absolute atomic E-state index is 0.154. The van der Waals surface area contributed by atoms with Gasteiger partial charge in [0.25, 0.3) is 0 Å². The number of carbonyl (C=O) groups is 1. The molecule has 1 aliphatic rings. The molecular weight excluding hydrogens is 278 g/mol. The third kappa shape index (κ3) is 5.05. The van der Waals surface area contributed by atoms with Crippen LogP contribution in [0, 0.1) is 11.8 Å². The number of rotatable bonds is 6. The average molecular weight is 305 g/mol. The van der Waals surface area contributed by atoms with E-state index in [0.717, 1.165) is 32.2 Å². The third-order valence-corrected chi connectivity index (χ3v) is 6.72. The van der Waals surface area contributed by atoms with E-state index in [1.165, 1.54) is 0 Å². The fourth-order valence-electron chi connectivity index (χ4n) is 2.43. The quantitative estimate of drug-likeness (QED) is 0.730. The summed E-state index contributed by atoms with van der Waals surface area (Å²) >= 11 is 0. The molecule has 0 aromatic rings. The number of carboxylic acids is 1. The van der Waals surface area contributed by atoms with Crippen molar-refractivity contribution in [3.05, 3.63) is 0 Å². The van der Waals surface area contributed by atoms with Crippen LogP contribution < -0.4 is 5.32 Å². The Morgan fingerprint density at radius 3 is 2.20 bits per heavy atom. The van der Waals surface area contributed by atoms with E-state index in [9.17, 15) is 13.2 Å². The summed E-state index contributed by atoms with van der Waals surface area (Å²) in [6.07, 6.45) is 3.30. The van der Waals surface area contributed by atoms with Gasteiger partial charge in [0.05, 0.1) is 16.4 Å². The first-order valence-electron chi connectivity index (χ1n) is 7.29. The van der Waals surface area contributed by atoms with Gasteiger partial charge in [0.1, 0.15) is 0 Å². The second-order valence-corrected chi connectivity index (χ2v) is 9.55. The van der Waals surface area contributed by atoms with Crippen LogP contribution in [0.15, 0.2) is 0 Å². The summed E-state index contributed by atoms with van der Waals surface area (Å²) in [6.45, 7) is 6.41. The highest BCUT2D eigenvalue weighted by Crippen LogP contribution is 2.28. The molecule has 0 aromatic heterocycles. The zero-order chi connectivity index (χ0) is 15.4. The molecule has 1 aliphatic carbocycles. The second kappa shape index (κ2) is 6.89. The van der Waals surface area contributed by atoms with E-state index in [4.69, 9.17) is 5.11 Å². The SMILES string of the molecule is CC(C)(C)S(=O)(=O)CCNCC1CCC(C(=O)O)CC1. The standard InChI is InChI=1S/C14H27NO4S/c1-14(2,3)20(18,19)9-8-15-10-11-4-6-12(7-5-11)13(16)17/h11-12,15H,4-10H2,1-3H3,(H,16,17). The Labute approximate surface area is 122 Å². The van der Waals surface area contributed by atoms with E-state index in [0.29, 0.717) is 12.5 Å². The fourth-order valence-corrected chi connectivity index (χ4v) is 3.46. The zero-order valence-corrected chi connectivity index (χ0v) is 13.5. The van der Waals surface area contributed by atoms with Crippen LogP contribution in [0.3, 0.4) is 0 Å². The lowest BCUT2D eigenvalue weighted by atomic mass is 9.82. The van der Waals surface area contributed by atoms with Gasteiger partial charge in [-0.25, -0.2) is 8.42 Å². The van der Waals surface area contributed by atoms with Gasteiger partial charge in [-0.05, 0) is 58.9 Å². The van der Waals surface area contributed by atoms with Crippen molar-refractivity contribution >= 4 is 15.8 Å². The van der Waals surface area contributed by atoms with E-state index in [1.807, 2.05) is 0 Å². The third-order valence-electron chi connectivity index (χ3n) is 4.11. The Morgan fingerprint density at radius 2 is 1.75 bits per heavy atom. The van der Waals surface area contributed by atoms with Gasteiger partial charge in [-0.2, -0.15) is 0 Å². The predicted octanol–water partition coefficient (Wildman–Crippen LogP) is 1.68. The van der Waals surface area contributed by atoms with Gasteiger partial charge in [-0.3, -0.25) is 4.79 Å². The molecule has 0 radical (unpaired) electrons. The van der Waals surface area contributed by atoms with Crippen LogP contribution in [0.1, 0.15) is 46.5 Å². The summed E-state index contributed by atoms with van der Waals surface area (Å²) < 4.78 is 23.1. The van der Waals surface area contributed by atoms with Crippen molar-refractivity contribution in [1.29, 1.82) is 0 Å². The predicted molar refractivity (Wildman–Crippen MR) is 79.5 cm³/mol. The van der Waals surface area contributed by atoms with Gasteiger partial charge in [0.2, 0.25) is 0 Å². The van der Waals surface area contributed by atoms with Crippen LogP contribution in [-0.4, -0.2) is 43.1 Å². The van der Waals surface area contributed by atoms with Crippen LogP contribution in [0.5, 0.6) is 0 Å². The molecule has 0 aliphatic heterocycles. The molecule has 1 rings (SSSR count). The maximum Gasteiger partial charge on any atom is 0.306 e. The van der Waals surface area contributed by atoms with Crippen molar-refractivity contribution in [2.45, 2.75) is 51.2 Å². The number of sulfone groups is 1. The molecule has 0 saturated heterocycles. The van der Waals surface area contributed by atoms with Crippen LogP contribution in [-0.2, 0) is 14.6 Å². The Kier molecular flexibility index (Phi) is 6.01. The molecule has 118 valence electrons. The van der Waals surface area contributed by atoms with Crippen LogP contribution in [0.4, 0.5) is 0 Å². The molecule has 0 unspecified atom stereocenters. The minimum Gasteiger partial charge on any atom is -0.481 e. The van der Waals surface area contributed by atoms with Crippen molar-refractivity contribution < 1.29 is 18.3 Å². The van der Waals surface area contributed by atoms with Gasteiger partial charge < -0.3 is 10.4 Å². The van der Waals surface area contributed by atoms with E-state index in [2.05, 4.69) is 5.32 Å². The molecule has 0 aromatic carbocycles. The lowest BCUT2D eigenvalue weighted by Crippen LogP contribution is -2.36. The summed E-state index contributed by atoms with van der Waals surface area (Å²) in [7, 11) is -3.06. The molecule has 6 heteroatoms. The number of hydrogen-bond acceptors (Lipinski definition) is 4. The first-order valence-corrected chi connectivity index (χ1v) is 8.94. The topological polar surface area (TPSA) is 83.5 Å². The van der Waals surface area contributed by atoms with Gasteiger partial charge in [0.15, 0.2) is 9.84 Å². The summed E-state index contributed by atoms with van der Waals surface area (Å²) in [5.74, 6) is -0.246. The first-order chi connectivity index (χ1) is 9.13. The highest BCUT2D eigenvalue weighted by Gasteiger charge is 2.28. The van der Waals surface area contributed by atoms with E-state index in [-0.39, 0.29) is 11.7 Å². The molecule has 5 nitrogen and oxygen atoms in total. The molecule has 1 saturated carbocycles. The summed E-state index contributed by atoms with van der Waals surface area (Å²) in [6, 6.07) is 0. The maximum absolute atomic E-state index is 11.9. The number of carboxylic acid groups (broad SMARTS) is 1. The maximum atomic E-state index is 11.9. The zero-order valence-electron chi connectivity index (χ0n) is 12.7. The van der Waals surface area contributed by atoms with Crippen molar-refractivity contribution in [1.82, 2.24) is 5.32 Å². The van der Waals surface area contributed by atoms with Gasteiger partial charge in [-0.1, -0.05) is 0 Å². The molecule has 0 amide bonds. The molecule has 20 heavy (non-hydrogen) atoms. The van der Waals surface area contributed by atoms with Crippen LogP contribution in [0.25, 0.3) is 0 Å². The van der Waals surface area contributed by atoms with Crippen LogP contribution >= 0.6 is 0 Å². The minimum atomic E-state index is -3.06. The smallest absolute Gasteiger partial charge is 0.306 e. The van der Waals surface area contributed by atoms with Crippen molar-refractivity contribution in [3.8, 4) is 0 Å². The van der Waals surface area contributed by atoms with E-state index in [1.54, 1.807) is 20.8 Å². The lowest BCUT2D eigenvalue weighted by molar-refractivity contribution is -0.143. The Hall–Kier alpha value is -0.620. The second-order valence-electron chi connectivity index (χ2n) is 6.69. The fraction of sp³-hybridized carbons (Fsp3) is 0.929. The Balaban J connectivity index is 2.22. The molecule has 1 fully saturated rings. The Bertz CT molecular complexity index is 417. The Morgan fingerprint density at radius 1 is 1.20 bits per heavy atom. The average Bonchev–Trinajstić information content (AvgIpc) is 2.34. The highest BCUT2D eigenvalue weighted by molar-refractivity contribution is 7.92. The molecule has 0 spiro atoms. The summed E-state index contributed by atoms with van der Waals surface area (Å²) in [4.78, 5) is 10.8. The normalized spacial score (nSPS) is 24.6. The van der Waals surface area contributed by atoms with Gasteiger partial charge >= 0.3 is 5.97 Å². The lowest BCUT2D eigenvalue weighted by Gasteiger charge is -2.26. The van der Waals surface area contributed by atoms with E-state index >= 15 is 0 Å². The van der Waals surface area contributed by atoms with E-state index < -0.39 is 20.6 Å². The summed E-state index contributed by atoms with van der Waals surface area (Å²) in [5, 5.41) is 12.1. The van der Waals surface area contributed by atoms with Gasteiger partial charge in [-0.15, -0.1) is 0 Å². The number of aliphatic carboxylic acids is 1. The van der Waals surface area contributed by atoms with Crippen molar-refractivity contribution in [2.24, 2.45) is 11.8 Å². The molecule has 0 heterocycles. The largest absolute Gasteiger partial charge is 0.481 e. The monoisotopic (exact) mass is 305 g/mol. The molecule has 0 atom stereocenters.